The number of rotatable bonds is 4. The first-order valence-electron chi connectivity index (χ1n) is 7.84. The minimum absolute atomic E-state index is 0.414. The Hall–Kier alpha value is -1.32. The molecule has 0 bridgehead atoms. The molecule has 3 heteroatoms. The highest BCUT2D eigenvalue weighted by atomic mass is 79.9. The molecule has 1 saturated heterocycles. The topological polar surface area (TPSA) is 12.5 Å². The van der Waals surface area contributed by atoms with E-state index in [4.69, 9.17) is 4.74 Å². The summed E-state index contributed by atoms with van der Waals surface area (Å²) in [6.07, 6.45) is 2.49. The first kappa shape index (κ1) is 15.6. The van der Waals surface area contributed by atoms with E-state index in [1.54, 1.807) is 7.11 Å². The van der Waals surface area contributed by atoms with Gasteiger partial charge in [0.1, 0.15) is 5.75 Å². The number of hydrogen-bond donors (Lipinski definition) is 0. The average Bonchev–Trinajstić information content (AvgIpc) is 3.04. The summed E-state index contributed by atoms with van der Waals surface area (Å²) in [5.74, 6) is 0.918. The molecule has 2 aromatic carbocycles. The minimum atomic E-state index is 0.414. The van der Waals surface area contributed by atoms with Crippen LogP contribution in [-0.4, -0.2) is 18.6 Å². The van der Waals surface area contributed by atoms with Crippen molar-refractivity contribution in [3.63, 3.8) is 0 Å². The van der Waals surface area contributed by atoms with Gasteiger partial charge in [-0.3, -0.25) is 4.90 Å². The van der Waals surface area contributed by atoms with Crippen molar-refractivity contribution in [2.75, 3.05) is 13.7 Å². The van der Waals surface area contributed by atoms with E-state index in [1.807, 2.05) is 0 Å². The highest BCUT2D eigenvalue weighted by molar-refractivity contribution is 9.10. The Morgan fingerprint density at radius 1 is 1.18 bits per heavy atom. The van der Waals surface area contributed by atoms with Crippen molar-refractivity contribution in [1.82, 2.24) is 4.90 Å². The standard InChI is InChI=1S/C19H22BrNO/c1-14(15-8-10-18(22-2)11-9-15)21-12-4-7-19(21)16-5-3-6-17(20)13-16/h3,5-6,8-11,13-14,19H,4,7,12H2,1-2H3/t14-,19-/m0/s1. The van der Waals surface area contributed by atoms with Gasteiger partial charge in [-0.25, -0.2) is 0 Å². The Morgan fingerprint density at radius 3 is 2.64 bits per heavy atom. The molecule has 0 aliphatic carbocycles. The molecule has 1 aliphatic rings. The van der Waals surface area contributed by atoms with Crippen LogP contribution in [0.25, 0.3) is 0 Å². The Bertz CT molecular complexity index is 626. The number of methoxy groups -OCH3 is 1. The fourth-order valence-electron chi connectivity index (χ4n) is 3.40. The number of ether oxygens (including phenoxy) is 1. The summed E-state index contributed by atoms with van der Waals surface area (Å²) < 4.78 is 6.42. The van der Waals surface area contributed by atoms with Crippen LogP contribution >= 0.6 is 15.9 Å². The predicted molar refractivity (Wildman–Crippen MR) is 94.2 cm³/mol. The molecule has 2 nitrogen and oxygen atoms in total. The fraction of sp³-hybridized carbons (Fsp3) is 0.368. The van der Waals surface area contributed by atoms with Gasteiger partial charge >= 0.3 is 0 Å². The van der Waals surface area contributed by atoms with Crippen LogP contribution in [0.3, 0.4) is 0 Å². The molecule has 0 aromatic heterocycles. The van der Waals surface area contributed by atoms with Crippen molar-refractivity contribution in [1.29, 1.82) is 0 Å². The molecular weight excluding hydrogens is 338 g/mol. The third-order valence-corrected chi connectivity index (χ3v) is 5.12. The van der Waals surface area contributed by atoms with E-state index in [9.17, 15) is 0 Å². The van der Waals surface area contributed by atoms with Crippen molar-refractivity contribution in [2.24, 2.45) is 0 Å². The second-order valence-electron chi connectivity index (χ2n) is 5.90. The van der Waals surface area contributed by atoms with Crippen LogP contribution < -0.4 is 4.74 Å². The van der Waals surface area contributed by atoms with Crippen LogP contribution in [0.15, 0.2) is 53.0 Å². The minimum Gasteiger partial charge on any atom is -0.497 e. The van der Waals surface area contributed by atoms with Gasteiger partial charge in [0.05, 0.1) is 7.11 Å². The first-order chi connectivity index (χ1) is 10.7. The van der Waals surface area contributed by atoms with Crippen molar-refractivity contribution < 1.29 is 4.74 Å². The smallest absolute Gasteiger partial charge is 0.118 e. The number of benzene rings is 2. The molecule has 0 unspecified atom stereocenters. The Kier molecular flexibility index (Phi) is 4.84. The number of nitrogens with zero attached hydrogens (tertiary/aromatic N) is 1. The summed E-state index contributed by atoms with van der Waals surface area (Å²) in [6.45, 7) is 3.46. The highest BCUT2D eigenvalue weighted by Crippen LogP contribution is 2.39. The molecule has 0 spiro atoms. The Balaban J connectivity index is 1.82. The lowest BCUT2D eigenvalue weighted by atomic mass is 10.0. The molecular formula is C19H22BrNO. The largest absolute Gasteiger partial charge is 0.497 e. The number of halogens is 1. The van der Waals surface area contributed by atoms with E-state index >= 15 is 0 Å². The van der Waals surface area contributed by atoms with Crippen LogP contribution in [0, 0.1) is 0 Å². The van der Waals surface area contributed by atoms with Gasteiger partial charge in [0, 0.05) is 16.6 Å². The molecule has 116 valence electrons. The number of likely N-dealkylation sites (tertiary alicyclic amines) is 1. The normalized spacial score (nSPS) is 20.0. The zero-order valence-corrected chi connectivity index (χ0v) is 14.7. The van der Waals surface area contributed by atoms with Gasteiger partial charge < -0.3 is 4.74 Å². The lowest BCUT2D eigenvalue weighted by Crippen LogP contribution is -2.26. The van der Waals surface area contributed by atoms with Crippen molar-refractivity contribution in [3.05, 3.63) is 64.1 Å². The third-order valence-electron chi connectivity index (χ3n) is 4.62. The van der Waals surface area contributed by atoms with E-state index < -0.39 is 0 Å². The summed E-state index contributed by atoms with van der Waals surface area (Å²) in [4.78, 5) is 2.61. The van der Waals surface area contributed by atoms with E-state index in [0.29, 0.717) is 12.1 Å². The monoisotopic (exact) mass is 359 g/mol. The molecule has 1 aliphatic heterocycles. The molecule has 22 heavy (non-hydrogen) atoms. The van der Waals surface area contributed by atoms with Gasteiger partial charge in [-0.15, -0.1) is 0 Å². The molecule has 0 N–H and O–H groups in total. The average molecular weight is 360 g/mol. The zero-order valence-electron chi connectivity index (χ0n) is 13.1. The van der Waals surface area contributed by atoms with E-state index in [0.717, 1.165) is 16.8 Å². The summed E-state index contributed by atoms with van der Waals surface area (Å²) in [7, 11) is 1.71. The quantitative estimate of drug-likeness (QED) is 0.728. The SMILES string of the molecule is COc1ccc([C@H](C)N2CCC[C@H]2c2cccc(Br)c2)cc1. The summed E-state index contributed by atoms with van der Waals surface area (Å²) in [6, 6.07) is 18.1. The van der Waals surface area contributed by atoms with Gasteiger partial charge in [-0.1, -0.05) is 40.2 Å². The highest BCUT2D eigenvalue weighted by Gasteiger charge is 2.30. The lowest BCUT2D eigenvalue weighted by Gasteiger charge is -2.31. The third kappa shape index (κ3) is 3.21. The van der Waals surface area contributed by atoms with Gasteiger partial charge in [0.25, 0.3) is 0 Å². The summed E-state index contributed by atoms with van der Waals surface area (Å²) >= 11 is 3.59. The Morgan fingerprint density at radius 2 is 1.95 bits per heavy atom. The maximum absolute atomic E-state index is 5.26. The van der Waals surface area contributed by atoms with Gasteiger partial charge in [-0.05, 0) is 61.7 Å². The van der Waals surface area contributed by atoms with Gasteiger partial charge in [-0.2, -0.15) is 0 Å². The van der Waals surface area contributed by atoms with Crippen LogP contribution in [0.4, 0.5) is 0 Å². The predicted octanol–water partition coefficient (Wildman–Crippen LogP) is 5.36. The summed E-state index contributed by atoms with van der Waals surface area (Å²) in [5.41, 5.74) is 2.76. The van der Waals surface area contributed by atoms with Crippen LogP contribution in [-0.2, 0) is 0 Å². The molecule has 1 heterocycles. The van der Waals surface area contributed by atoms with Crippen molar-refractivity contribution in [2.45, 2.75) is 31.8 Å². The second kappa shape index (κ2) is 6.84. The van der Waals surface area contributed by atoms with Gasteiger partial charge in [0.15, 0.2) is 0 Å². The van der Waals surface area contributed by atoms with Crippen molar-refractivity contribution >= 4 is 15.9 Å². The van der Waals surface area contributed by atoms with Crippen LogP contribution in [0.2, 0.25) is 0 Å². The molecule has 3 rings (SSSR count). The lowest BCUT2D eigenvalue weighted by molar-refractivity contribution is 0.194. The zero-order chi connectivity index (χ0) is 15.5. The summed E-state index contributed by atoms with van der Waals surface area (Å²) in [5, 5.41) is 0. The molecule has 2 aromatic rings. The van der Waals surface area contributed by atoms with Gasteiger partial charge in [0.2, 0.25) is 0 Å². The Labute approximate surface area is 141 Å². The maximum Gasteiger partial charge on any atom is 0.118 e. The molecule has 2 atom stereocenters. The molecule has 0 amide bonds. The molecule has 1 fully saturated rings. The fourth-order valence-corrected chi connectivity index (χ4v) is 3.82. The van der Waals surface area contributed by atoms with Crippen molar-refractivity contribution in [3.8, 4) is 5.75 Å². The van der Waals surface area contributed by atoms with E-state index in [1.165, 1.54) is 24.0 Å². The molecule has 0 radical (unpaired) electrons. The maximum atomic E-state index is 5.26. The second-order valence-corrected chi connectivity index (χ2v) is 6.82. The van der Waals surface area contributed by atoms with Crippen LogP contribution in [0.1, 0.15) is 43.0 Å². The van der Waals surface area contributed by atoms with E-state index in [2.05, 4.69) is 76.3 Å². The van der Waals surface area contributed by atoms with Crippen LogP contribution in [0.5, 0.6) is 5.75 Å². The number of hydrogen-bond acceptors (Lipinski definition) is 2. The van der Waals surface area contributed by atoms with E-state index in [-0.39, 0.29) is 0 Å². The molecule has 0 saturated carbocycles. The first-order valence-corrected chi connectivity index (χ1v) is 8.63.